The molecular weight excluding hydrogens is 184 g/mol. The van der Waals surface area contributed by atoms with Gasteiger partial charge < -0.3 is 10.0 Å². The third-order valence-electron chi connectivity index (χ3n) is 2.61. The van der Waals surface area contributed by atoms with Gasteiger partial charge >= 0.3 is 6.03 Å². The minimum Gasteiger partial charge on any atom is -0.388 e. The molecule has 1 aliphatic rings. The number of aliphatic hydroxyl groups is 1. The fourth-order valence-corrected chi connectivity index (χ4v) is 1.64. The van der Waals surface area contributed by atoms with Crippen LogP contribution >= 0.6 is 0 Å². The summed E-state index contributed by atoms with van der Waals surface area (Å²) >= 11 is 0. The van der Waals surface area contributed by atoms with Gasteiger partial charge in [-0.1, -0.05) is 0 Å². The van der Waals surface area contributed by atoms with Crippen LogP contribution in [0.15, 0.2) is 0 Å². The number of rotatable bonds is 1. The highest BCUT2D eigenvalue weighted by Crippen LogP contribution is 2.23. The fraction of sp³-hybridized carbons (Fsp3) is 0.778. The van der Waals surface area contributed by atoms with Crippen LogP contribution in [0, 0.1) is 0 Å². The second-order valence-corrected chi connectivity index (χ2v) is 4.22. The first-order valence-electron chi connectivity index (χ1n) is 4.51. The van der Waals surface area contributed by atoms with E-state index in [-0.39, 0.29) is 18.4 Å². The highest BCUT2D eigenvalue weighted by molar-refractivity contribution is 5.97. The first kappa shape index (κ1) is 11.0. The Kier molecular flexibility index (Phi) is 2.54. The number of carbonyl (C=O) groups is 2. The highest BCUT2D eigenvalue weighted by Gasteiger charge is 2.41. The molecule has 14 heavy (non-hydrogen) atoms. The smallest absolute Gasteiger partial charge is 0.326 e. The molecule has 0 radical (unpaired) electrons. The van der Waals surface area contributed by atoms with E-state index in [2.05, 4.69) is 0 Å². The van der Waals surface area contributed by atoms with Crippen molar-refractivity contribution >= 4 is 11.9 Å². The van der Waals surface area contributed by atoms with Crippen molar-refractivity contribution in [3.63, 3.8) is 0 Å². The summed E-state index contributed by atoms with van der Waals surface area (Å²) in [5, 5.41) is 9.77. The van der Waals surface area contributed by atoms with Crippen molar-refractivity contribution in [1.82, 2.24) is 9.80 Å². The standard InChI is InChI=1S/C9H16N2O3/c1-9(2,14)6-5-7(12)11(4)8(13)10(6)3/h6,14H,5H2,1-4H3. The van der Waals surface area contributed by atoms with Gasteiger partial charge in [-0.15, -0.1) is 0 Å². The van der Waals surface area contributed by atoms with Crippen LogP contribution in [0.5, 0.6) is 0 Å². The van der Waals surface area contributed by atoms with Gasteiger partial charge in [-0.05, 0) is 13.8 Å². The zero-order valence-corrected chi connectivity index (χ0v) is 8.94. The number of hydrogen-bond acceptors (Lipinski definition) is 3. The lowest BCUT2D eigenvalue weighted by Gasteiger charge is -2.42. The maximum atomic E-state index is 11.5. The second kappa shape index (κ2) is 3.24. The molecule has 0 saturated carbocycles. The van der Waals surface area contributed by atoms with E-state index in [1.165, 1.54) is 11.9 Å². The predicted molar refractivity (Wildman–Crippen MR) is 50.6 cm³/mol. The lowest BCUT2D eigenvalue weighted by molar-refractivity contribution is -0.135. The number of carbonyl (C=O) groups excluding carboxylic acids is 2. The van der Waals surface area contributed by atoms with Crippen LogP contribution < -0.4 is 0 Å². The molecule has 1 N–H and O–H groups in total. The Hall–Kier alpha value is -1.10. The molecule has 0 aliphatic carbocycles. The largest absolute Gasteiger partial charge is 0.388 e. The maximum absolute atomic E-state index is 11.5. The molecule has 1 atom stereocenters. The SMILES string of the molecule is CN1C(=O)CC(C(C)(C)O)N(C)C1=O. The lowest BCUT2D eigenvalue weighted by atomic mass is 9.93. The molecule has 0 aromatic heterocycles. The summed E-state index contributed by atoms with van der Waals surface area (Å²) in [5.41, 5.74) is -1.05. The molecular formula is C9H16N2O3. The molecule has 3 amide bonds. The Morgan fingerprint density at radius 2 is 1.86 bits per heavy atom. The van der Waals surface area contributed by atoms with Gasteiger partial charge in [0.15, 0.2) is 0 Å². The van der Waals surface area contributed by atoms with Crippen LogP contribution in [0.4, 0.5) is 4.79 Å². The number of likely N-dealkylation sites (N-methyl/N-ethyl adjacent to an activating group) is 1. The van der Waals surface area contributed by atoms with Crippen LogP contribution in [0.1, 0.15) is 20.3 Å². The Morgan fingerprint density at radius 3 is 2.29 bits per heavy atom. The molecule has 5 nitrogen and oxygen atoms in total. The van der Waals surface area contributed by atoms with Gasteiger partial charge in [-0.3, -0.25) is 9.69 Å². The van der Waals surface area contributed by atoms with Gasteiger partial charge in [-0.25, -0.2) is 4.79 Å². The number of urea groups is 1. The Bertz CT molecular complexity index is 270. The normalized spacial score (nSPS) is 24.5. The summed E-state index contributed by atoms with van der Waals surface area (Å²) in [4.78, 5) is 25.4. The molecule has 0 spiro atoms. The maximum Gasteiger partial charge on any atom is 0.326 e. The predicted octanol–water partition coefficient (Wildman–Crippen LogP) is 0.0398. The zero-order chi connectivity index (χ0) is 11.1. The monoisotopic (exact) mass is 200 g/mol. The highest BCUT2D eigenvalue weighted by atomic mass is 16.3. The third kappa shape index (κ3) is 1.72. The Balaban J connectivity index is 2.92. The van der Waals surface area contributed by atoms with Gasteiger partial charge in [-0.2, -0.15) is 0 Å². The molecule has 1 unspecified atom stereocenters. The summed E-state index contributed by atoms with van der Waals surface area (Å²) in [5.74, 6) is -0.250. The van der Waals surface area contributed by atoms with E-state index < -0.39 is 11.6 Å². The van der Waals surface area contributed by atoms with E-state index in [1.807, 2.05) is 0 Å². The number of hydrogen-bond donors (Lipinski definition) is 1. The average molecular weight is 200 g/mol. The van der Waals surface area contributed by atoms with E-state index in [0.29, 0.717) is 0 Å². The summed E-state index contributed by atoms with van der Waals surface area (Å²) in [7, 11) is 3.04. The fourth-order valence-electron chi connectivity index (χ4n) is 1.64. The van der Waals surface area contributed by atoms with Crippen molar-refractivity contribution in [2.75, 3.05) is 14.1 Å². The lowest BCUT2D eigenvalue weighted by Crippen LogP contribution is -2.60. The van der Waals surface area contributed by atoms with Crippen molar-refractivity contribution in [3.8, 4) is 0 Å². The first-order valence-corrected chi connectivity index (χ1v) is 4.51. The number of amides is 3. The Morgan fingerprint density at radius 1 is 1.36 bits per heavy atom. The molecule has 1 aliphatic heterocycles. The van der Waals surface area contributed by atoms with E-state index in [9.17, 15) is 14.7 Å². The Labute approximate surface area is 83.3 Å². The molecule has 5 heteroatoms. The van der Waals surface area contributed by atoms with Crippen LogP contribution in [0.3, 0.4) is 0 Å². The van der Waals surface area contributed by atoms with Crippen molar-refractivity contribution < 1.29 is 14.7 Å². The van der Waals surface area contributed by atoms with E-state index >= 15 is 0 Å². The molecule has 1 saturated heterocycles. The molecule has 80 valence electrons. The van der Waals surface area contributed by atoms with Crippen LogP contribution in [0.25, 0.3) is 0 Å². The van der Waals surface area contributed by atoms with Gasteiger partial charge in [0.2, 0.25) is 5.91 Å². The average Bonchev–Trinajstić information content (AvgIpc) is 2.06. The third-order valence-corrected chi connectivity index (χ3v) is 2.61. The second-order valence-electron chi connectivity index (χ2n) is 4.22. The van der Waals surface area contributed by atoms with Crippen molar-refractivity contribution in [1.29, 1.82) is 0 Å². The van der Waals surface area contributed by atoms with Crippen molar-refractivity contribution in [2.24, 2.45) is 0 Å². The van der Waals surface area contributed by atoms with Crippen LogP contribution in [0.2, 0.25) is 0 Å². The molecule has 1 heterocycles. The summed E-state index contributed by atoms with van der Waals surface area (Å²) in [6.07, 6.45) is 0.169. The molecule has 1 fully saturated rings. The number of nitrogens with zero attached hydrogens (tertiary/aromatic N) is 2. The molecule has 1 rings (SSSR count). The minimum absolute atomic E-state index is 0.169. The summed E-state index contributed by atoms with van der Waals surface area (Å²) in [6.45, 7) is 3.19. The molecule has 0 aromatic carbocycles. The van der Waals surface area contributed by atoms with Crippen molar-refractivity contribution in [2.45, 2.75) is 31.9 Å². The topological polar surface area (TPSA) is 60.9 Å². The van der Waals surface area contributed by atoms with Gasteiger partial charge in [0.05, 0.1) is 18.1 Å². The van der Waals surface area contributed by atoms with Gasteiger partial charge in [0, 0.05) is 14.1 Å². The summed E-state index contributed by atoms with van der Waals surface area (Å²) in [6, 6.07) is -0.813. The van der Waals surface area contributed by atoms with Gasteiger partial charge in [0.1, 0.15) is 0 Å². The molecule has 0 aromatic rings. The zero-order valence-electron chi connectivity index (χ0n) is 8.94. The summed E-state index contributed by atoms with van der Waals surface area (Å²) < 4.78 is 0. The number of imide groups is 1. The van der Waals surface area contributed by atoms with Gasteiger partial charge in [0.25, 0.3) is 0 Å². The minimum atomic E-state index is -1.05. The molecule has 0 bridgehead atoms. The first-order chi connectivity index (χ1) is 6.25. The quantitative estimate of drug-likeness (QED) is 0.650. The van der Waals surface area contributed by atoms with E-state index in [4.69, 9.17) is 0 Å². The van der Waals surface area contributed by atoms with E-state index in [1.54, 1.807) is 20.9 Å². The van der Waals surface area contributed by atoms with Crippen LogP contribution in [-0.2, 0) is 4.79 Å². The van der Waals surface area contributed by atoms with Crippen LogP contribution in [-0.4, -0.2) is 52.6 Å². The van der Waals surface area contributed by atoms with Crippen molar-refractivity contribution in [3.05, 3.63) is 0 Å². The van der Waals surface area contributed by atoms with E-state index in [0.717, 1.165) is 4.90 Å².